The van der Waals surface area contributed by atoms with Gasteiger partial charge in [0.1, 0.15) is 13.2 Å². The molecule has 2 aliphatic rings. The molecule has 0 bridgehead atoms. The van der Waals surface area contributed by atoms with Crippen molar-refractivity contribution in [1.29, 1.82) is 0 Å². The average molecular weight is 277 g/mol. The van der Waals surface area contributed by atoms with Crippen LogP contribution in [-0.2, 0) is 0 Å². The molecule has 0 aromatic carbocycles. The van der Waals surface area contributed by atoms with Crippen LogP contribution in [0.4, 0.5) is 0 Å². The zero-order chi connectivity index (χ0) is 13.9. The summed E-state index contributed by atoms with van der Waals surface area (Å²) in [4.78, 5) is 7.09. The topological polar surface area (TPSA) is 60.6 Å². The highest BCUT2D eigenvalue weighted by molar-refractivity contribution is 5.36. The van der Waals surface area contributed by atoms with E-state index in [0.717, 1.165) is 31.1 Å². The van der Waals surface area contributed by atoms with Gasteiger partial charge in [-0.05, 0) is 50.9 Å². The molecule has 0 aliphatic carbocycles. The van der Waals surface area contributed by atoms with Crippen LogP contribution in [0.5, 0.6) is 11.6 Å². The lowest BCUT2D eigenvalue weighted by Gasteiger charge is -2.36. The minimum Gasteiger partial charge on any atom is -0.484 e. The summed E-state index contributed by atoms with van der Waals surface area (Å²) in [6.07, 6.45) is 2.46. The Bertz CT molecular complexity index is 466. The van der Waals surface area contributed by atoms with E-state index in [0.29, 0.717) is 31.1 Å². The van der Waals surface area contributed by atoms with Crippen LogP contribution < -0.4 is 15.2 Å². The molecule has 0 amide bonds. The molecule has 1 unspecified atom stereocenters. The molecule has 20 heavy (non-hydrogen) atoms. The van der Waals surface area contributed by atoms with Gasteiger partial charge in [0.2, 0.25) is 0 Å². The van der Waals surface area contributed by atoms with Gasteiger partial charge in [-0.3, -0.25) is 4.90 Å². The van der Waals surface area contributed by atoms with Crippen LogP contribution in [0, 0.1) is 5.92 Å². The number of nitrogens with two attached hydrogens (primary N) is 1. The normalized spacial score (nSPS) is 24.4. The van der Waals surface area contributed by atoms with E-state index in [4.69, 9.17) is 15.2 Å². The second-order valence-corrected chi connectivity index (χ2v) is 5.65. The van der Waals surface area contributed by atoms with Crippen molar-refractivity contribution in [2.45, 2.75) is 25.8 Å². The molecule has 1 aromatic rings. The number of ether oxygens (including phenoxy) is 2. The molecule has 2 N–H and O–H groups in total. The molecule has 2 aliphatic heterocycles. The zero-order valence-corrected chi connectivity index (χ0v) is 12.0. The van der Waals surface area contributed by atoms with E-state index in [-0.39, 0.29) is 0 Å². The predicted molar refractivity (Wildman–Crippen MR) is 77.0 cm³/mol. The van der Waals surface area contributed by atoms with E-state index >= 15 is 0 Å². The van der Waals surface area contributed by atoms with Crippen LogP contribution >= 0.6 is 0 Å². The van der Waals surface area contributed by atoms with E-state index in [1.165, 1.54) is 12.8 Å². The molecule has 0 spiro atoms. The van der Waals surface area contributed by atoms with Gasteiger partial charge in [-0.15, -0.1) is 0 Å². The summed E-state index contributed by atoms with van der Waals surface area (Å²) in [5.74, 6) is 2.00. The Hall–Kier alpha value is -1.33. The van der Waals surface area contributed by atoms with Gasteiger partial charge >= 0.3 is 0 Å². The van der Waals surface area contributed by atoms with Crippen molar-refractivity contribution in [2.75, 3.05) is 32.8 Å². The molecule has 5 heteroatoms. The number of piperidine rings is 1. The van der Waals surface area contributed by atoms with Gasteiger partial charge in [0.05, 0.1) is 5.69 Å². The summed E-state index contributed by atoms with van der Waals surface area (Å²) in [5.41, 5.74) is 6.86. The molecule has 1 fully saturated rings. The monoisotopic (exact) mass is 277 g/mol. The third-order valence-electron chi connectivity index (χ3n) is 4.29. The number of aromatic nitrogens is 1. The summed E-state index contributed by atoms with van der Waals surface area (Å²) in [6, 6.07) is 4.31. The summed E-state index contributed by atoms with van der Waals surface area (Å²) >= 11 is 0. The number of fused-ring (bicyclic) bond motifs is 1. The lowest BCUT2D eigenvalue weighted by atomic mass is 9.96. The molecular weight excluding hydrogens is 254 g/mol. The standard InChI is InChI=1S/C15H23N3O2/c1-11(18-6-2-3-12(9-16)10-18)13-4-5-14-15(17-13)20-8-7-19-14/h4-5,11-12H,2-3,6-10,16H2,1H3/t11?,12-/m0/s1. The van der Waals surface area contributed by atoms with Gasteiger partial charge in [0, 0.05) is 12.6 Å². The maximum absolute atomic E-state index is 5.82. The van der Waals surface area contributed by atoms with Gasteiger partial charge in [-0.1, -0.05) is 0 Å². The summed E-state index contributed by atoms with van der Waals surface area (Å²) in [7, 11) is 0. The number of hydrogen-bond acceptors (Lipinski definition) is 5. The Morgan fingerprint density at radius 1 is 1.40 bits per heavy atom. The lowest BCUT2D eigenvalue weighted by Crippen LogP contribution is -2.40. The van der Waals surface area contributed by atoms with E-state index in [1.54, 1.807) is 0 Å². The Balaban J connectivity index is 1.74. The fraction of sp³-hybridized carbons (Fsp3) is 0.667. The average Bonchev–Trinajstić information content (AvgIpc) is 2.53. The van der Waals surface area contributed by atoms with Crippen molar-refractivity contribution in [3.8, 4) is 11.6 Å². The van der Waals surface area contributed by atoms with Crippen molar-refractivity contribution in [3.05, 3.63) is 17.8 Å². The fourth-order valence-corrected chi connectivity index (χ4v) is 3.01. The number of hydrogen-bond donors (Lipinski definition) is 1. The molecule has 1 saturated heterocycles. The summed E-state index contributed by atoms with van der Waals surface area (Å²) < 4.78 is 11.1. The molecular formula is C15H23N3O2. The van der Waals surface area contributed by atoms with Crippen LogP contribution in [0.15, 0.2) is 12.1 Å². The van der Waals surface area contributed by atoms with Crippen molar-refractivity contribution in [1.82, 2.24) is 9.88 Å². The largest absolute Gasteiger partial charge is 0.484 e. The zero-order valence-electron chi connectivity index (χ0n) is 12.0. The predicted octanol–water partition coefficient (Wildman–Crippen LogP) is 1.58. The van der Waals surface area contributed by atoms with Crippen LogP contribution in [0.3, 0.4) is 0 Å². The van der Waals surface area contributed by atoms with E-state index in [9.17, 15) is 0 Å². The third-order valence-corrected chi connectivity index (χ3v) is 4.29. The molecule has 1 aromatic heterocycles. The Kier molecular flexibility index (Phi) is 4.08. The van der Waals surface area contributed by atoms with Crippen molar-refractivity contribution in [2.24, 2.45) is 11.7 Å². The van der Waals surface area contributed by atoms with Crippen LogP contribution in [-0.4, -0.2) is 42.7 Å². The van der Waals surface area contributed by atoms with Gasteiger partial charge in [-0.2, -0.15) is 0 Å². The van der Waals surface area contributed by atoms with Gasteiger partial charge < -0.3 is 15.2 Å². The number of pyridine rings is 1. The second-order valence-electron chi connectivity index (χ2n) is 5.65. The first-order valence-corrected chi connectivity index (χ1v) is 7.48. The smallest absolute Gasteiger partial charge is 0.257 e. The van der Waals surface area contributed by atoms with Gasteiger partial charge in [0.15, 0.2) is 5.75 Å². The first kappa shape index (κ1) is 13.6. The minimum atomic E-state index is 0.292. The van der Waals surface area contributed by atoms with Crippen molar-refractivity contribution < 1.29 is 9.47 Å². The number of nitrogens with zero attached hydrogens (tertiary/aromatic N) is 2. The highest BCUT2D eigenvalue weighted by atomic mass is 16.6. The van der Waals surface area contributed by atoms with E-state index in [2.05, 4.69) is 16.8 Å². The quantitative estimate of drug-likeness (QED) is 0.909. The maximum Gasteiger partial charge on any atom is 0.257 e. The molecule has 5 nitrogen and oxygen atoms in total. The molecule has 3 rings (SSSR count). The first-order chi connectivity index (χ1) is 9.78. The summed E-state index contributed by atoms with van der Waals surface area (Å²) in [5, 5.41) is 0. The van der Waals surface area contributed by atoms with Gasteiger partial charge in [-0.25, -0.2) is 4.98 Å². The SMILES string of the molecule is CC(c1ccc2c(n1)OCCO2)N1CCC[C@@H](CN)C1. The van der Waals surface area contributed by atoms with Gasteiger partial charge in [0.25, 0.3) is 5.88 Å². The molecule has 0 radical (unpaired) electrons. The lowest BCUT2D eigenvalue weighted by molar-refractivity contribution is 0.129. The molecule has 3 heterocycles. The first-order valence-electron chi connectivity index (χ1n) is 7.48. The molecule has 2 atom stereocenters. The second kappa shape index (κ2) is 5.97. The highest BCUT2D eigenvalue weighted by Crippen LogP contribution is 2.32. The fourth-order valence-electron chi connectivity index (χ4n) is 3.01. The van der Waals surface area contributed by atoms with Crippen LogP contribution in [0.1, 0.15) is 31.5 Å². The van der Waals surface area contributed by atoms with Crippen LogP contribution in [0.25, 0.3) is 0 Å². The van der Waals surface area contributed by atoms with E-state index in [1.807, 2.05) is 12.1 Å². The third kappa shape index (κ3) is 2.74. The Labute approximate surface area is 120 Å². The molecule has 0 saturated carbocycles. The maximum atomic E-state index is 5.82. The van der Waals surface area contributed by atoms with Crippen molar-refractivity contribution in [3.63, 3.8) is 0 Å². The highest BCUT2D eigenvalue weighted by Gasteiger charge is 2.25. The summed E-state index contributed by atoms with van der Waals surface area (Å²) in [6.45, 7) is 6.35. The Morgan fingerprint density at radius 2 is 2.25 bits per heavy atom. The number of rotatable bonds is 3. The minimum absolute atomic E-state index is 0.292. The van der Waals surface area contributed by atoms with E-state index < -0.39 is 0 Å². The van der Waals surface area contributed by atoms with Crippen LogP contribution in [0.2, 0.25) is 0 Å². The van der Waals surface area contributed by atoms with Crippen molar-refractivity contribution >= 4 is 0 Å². The Morgan fingerprint density at radius 3 is 3.10 bits per heavy atom. The number of likely N-dealkylation sites (tertiary alicyclic amines) is 1. The molecule has 110 valence electrons.